The van der Waals surface area contributed by atoms with Crippen LogP contribution >= 0.6 is 0 Å². The highest BCUT2D eigenvalue weighted by molar-refractivity contribution is 5.86. The van der Waals surface area contributed by atoms with E-state index in [4.69, 9.17) is 10.5 Å². The van der Waals surface area contributed by atoms with Gasteiger partial charge in [0.25, 0.3) is 0 Å². The summed E-state index contributed by atoms with van der Waals surface area (Å²) in [7, 11) is 1.71. The zero-order valence-electron chi connectivity index (χ0n) is 14.6. The van der Waals surface area contributed by atoms with E-state index in [2.05, 4.69) is 16.3 Å². The highest BCUT2D eigenvalue weighted by Crippen LogP contribution is 2.30. The molecule has 0 spiro atoms. The average molecular weight is 331 g/mol. The minimum atomic E-state index is -0.641. The Morgan fingerprint density at radius 3 is 2.54 bits per heavy atom. The number of hydrogen-bond acceptors (Lipinski definition) is 4. The number of methoxy groups -OCH3 is 1. The first-order valence-corrected chi connectivity index (χ1v) is 9.10. The van der Waals surface area contributed by atoms with Crippen LogP contribution < -0.4 is 20.7 Å². The normalized spacial score (nSPS) is 21.3. The maximum Gasteiger partial charge on any atom is 0.240 e. The van der Waals surface area contributed by atoms with Crippen LogP contribution in [0, 0.1) is 0 Å². The number of piperidine rings is 1. The Morgan fingerprint density at radius 2 is 1.88 bits per heavy atom. The van der Waals surface area contributed by atoms with Gasteiger partial charge in [-0.05, 0) is 37.8 Å². The quantitative estimate of drug-likeness (QED) is 0.889. The van der Waals surface area contributed by atoms with Gasteiger partial charge in [0.05, 0.1) is 18.3 Å². The summed E-state index contributed by atoms with van der Waals surface area (Å²) in [5, 5.41) is 3.21. The van der Waals surface area contributed by atoms with Crippen molar-refractivity contribution in [1.82, 2.24) is 5.32 Å². The summed E-state index contributed by atoms with van der Waals surface area (Å²) in [6.45, 7) is 1.84. The standard InChI is InChI=1S/C19H29N3O2/c1-24-17-8-4-3-7-16(17)22-13-9-15(10-14-22)21-18(23)19(20)11-5-2-6-12-19/h3-4,7-8,15H,2,5-6,9-14,20H2,1H3,(H,21,23). The number of ether oxygens (including phenoxy) is 1. The number of rotatable bonds is 4. The maximum atomic E-state index is 12.6. The summed E-state index contributed by atoms with van der Waals surface area (Å²) in [5.41, 5.74) is 6.83. The van der Waals surface area contributed by atoms with Gasteiger partial charge < -0.3 is 20.7 Å². The van der Waals surface area contributed by atoms with Gasteiger partial charge in [0, 0.05) is 19.1 Å². The number of anilines is 1. The Morgan fingerprint density at radius 1 is 1.21 bits per heavy atom. The van der Waals surface area contributed by atoms with Crippen LogP contribution in [0.25, 0.3) is 0 Å². The molecule has 1 amide bonds. The summed E-state index contributed by atoms with van der Waals surface area (Å²) in [6.07, 6.45) is 6.85. The van der Waals surface area contributed by atoms with Crippen LogP contribution in [0.5, 0.6) is 5.75 Å². The number of amides is 1. The van der Waals surface area contributed by atoms with Crippen molar-refractivity contribution in [2.45, 2.75) is 56.5 Å². The lowest BCUT2D eigenvalue weighted by Gasteiger charge is -2.37. The van der Waals surface area contributed by atoms with Gasteiger partial charge in [0.2, 0.25) is 5.91 Å². The molecule has 2 aliphatic rings. The topological polar surface area (TPSA) is 67.6 Å². The molecule has 1 heterocycles. The fraction of sp³-hybridized carbons (Fsp3) is 0.632. The molecule has 0 aromatic heterocycles. The molecule has 132 valence electrons. The molecule has 1 aromatic carbocycles. The van der Waals surface area contributed by atoms with Crippen molar-refractivity contribution in [3.05, 3.63) is 24.3 Å². The van der Waals surface area contributed by atoms with Crippen LogP contribution in [0.15, 0.2) is 24.3 Å². The van der Waals surface area contributed by atoms with Gasteiger partial charge in [-0.2, -0.15) is 0 Å². The number of para-hydroxylation sites is 2. The van der Waals surface area contributed by atoms with E-state index in [0.717, 1.165) is 63.1 Å². The summed E-state index contributed by atoms with van der Waals surface area (Å²) >= 11 is 0. The molecule has 1 aliphatic heterocycles. The van der Waals surface area contributed by atoms with Crippen LogP contribution in [0.1, 0.15) is 44.9 Å². The lowest BCUT2D eigenvalue weighted by molar-refractivity contribution is -0.128. The van der Waals surface area contributed by atoms with E-state index >= 15 is 0 Å². The first kappa shape index (κ1) is 17.1. The molecule has 3 rings (SSSR count). The predicted octanol–water partition coefficient (Wildman–Crippen LogP) is 2.44. The molecule has 0 unspecified atom stereocenters. The molecule has 1 aromatic rings. The summed E-state index contributed by atoms with van der Waals surface area (Å²) < 4.78 is 5.45. The Labute approximate surface area is 144 Å². The van der Waals surface area contributed by atoms with Crippen molar-refractivity contribution >= 4 is 11.6 Å². The van der Waals surface area contributed by atoms with Crippen molar-refractivity contribution in [2.75, 3.05) is 25.1 Å². The molecule has 1 saturated carbocycles. The van der Waals surface area contributed by atoms with E-state index in [1.54, 1.807) is 7.11 Å². The van der Waals surface area contributed by atoms with Gasteiger partial charge in [-0.3, -0.25) is 4.79 Å². The van der Waals surface area contributed by atoms with Crippen LogP contribution in [-0.4, -0.2) is 37.7 Å². The van der Waals surface area contributed by atoms with Crippen molar-refractivity contribution in [1.29, 1.82) is 0 Å². The van der Waals surface area contributed by atoms with Gasteiger partial charge in [-0.15, -0.1) is 0 Å². The Balaban J connectivity index is 1.54. The second-order valence-corrected chi connectivity index (χ2v) is 7.12. The lowest BCUT2D eigenvalue weighted by atomic mass is 9.81. The number of hydrogen-bond donors (Lipinski definition) is 2. The minimum absolute atomic E-state index is 0.0536. The highest BCUT2D eigenvalue weighted by Gasteiger charge is 2.36. The molecule has 3 N–H and O–H groups in total. The molecular weight excluding hydrogens is 302 g/mol. The third-order valence-electron chi connectivity index (χ3n) is 5.45. The highest BCUT2D eigenvalue weighted by atomic mass is 16.5. The van der Waals surface area contributed by atoms with Crippen LogP contribution in [-0.2, 0) is 4.79 Å². The van der Waals surface area contributed by atoms with E-state index in [1.807, 2.05) is 18.2 Å². The number of nitrogens with zero attached hydrogens (tertiary/aromatic N) is 1. The Hall–Kier alpha value is -1.75. The monoisotopic (exact) mass is 331 g/mol. The number of carbonyl (C=O) groups is 1. The van der Waals surface area contributed by atoms with Gasteiger partial charge in [0.1, 0.15) is 5.75 Å². The van der Waals surface area contributed by atoms with Crippen LogP contribution in [0.2, 0.25) is 0 Å². The van der Waals surface area contributed by atoms with Crippen LogP contribution in [0.4, 0.5) is 5.69 Å². The van der Waals surface area contributed by atoms with E-state index < -0.39 is 5.54 Å². The zero-order chi connectivity index (χ0) is 17.0. The Bertz CT molecular complexity index is 561. The number of carbonyl (C=O) groups excluding carboxylic acids is 1. The van der Waals surface area contributed by atoms with Gasteiger partial charge in [0.15, 0.2) is 0 Å². The van der Waals surface area contributed by atoms with Crippen molar-refractivity contribution in [2.24, 2.45) is 5.73 Å². The largest absolute Gasteiger partial charge is 0.495 e. The number of benzene rings is 1. The molecule has 0 atom stereocenters. The van der Waals surface area contributed by atoms with Crippen LogP contribution in [0.3, 0.4) is 0 Å². The lowest BCUT2D eigenvalue weighted by Crippen LogP contribution is -2.58. The maximum absolute atomic E-state index is 12.6. The molecule has 1 aliphatic carbocycles. The first-order valence-electron chi connectivity index (χ1n) is 9.10. The first-order chi connectivity index (χ1) is 11.6. The molecular formula is C19H29N3O2. The van der Waals surface area contributed by atoms with E-state index in [1.165, 1.54) is 6.42 Å². The SMILES string of the molecule is COc1ccccc1N1CCC(NC(=O)C2(N)CCCCC2)CC1. The van der Waals surface area contributed by atoms with E-state index in [-0.39, 0.29) is 11.9 Å². The molecule has 2 fully saturated rings. The average Bonchev–Trinajstić information content (AvgIpc) is 2.63. The molecule has 0 bridgehead atoms. The molecule has 5 heteroatoms. The Kier molecular flexibility index (Phi) is 5.29. The smallest absolute Gasteiger partial charge is 0.240 e. The van der Waals surface area contributed by atoms with Gasteiger partial charge in [-0.1, -0.05) is 31.4 Å². The minimum Gasteiger partial charge on any atom is -0.495 e. The second kappa shape index (κ2) is 7.43. The number of nitrogens with two attached hydrogens (primary N) is 1. The predicted molar refractivity (Wildman–Crippen MR) is 96.4 cm³/mol. The van der Waals surface area contributed by atoms with E-state index in [9.17, 15) is 4.79 Å². The van der Waals surface area contributed by atoms with Gasteiger partial charge in [-0.25, -0.2) is 0 Å². The van der Waals surface area contributed by atoms with Gasteiger partial charge >= 0.3 is 0 Å². The van der Waals surface area contributed by atoms with Crippen molar-refractivity contribution < 1.29 is 9.53 Å². The van der Waals surface area contributed by atoms with E-state index in [0.29, 0.717) is 0 Å². The third kappa shape index (κ3) is 3.66. The second-order valence-electron chi connectivity index (χ2n) is 7.12. The molecule has 24 heavy (non-hydrogen) atoms. The third-order valence-corrected chi connectivity index (χ3v) is 5.45. The zero-order valence-corrected chi connectivity index (χ0v) is 14.6. The fourth-order valence-corrected chi connectivity index (χ4v) is 3.89. The molecule has 1 saturated heterocycles. The molecule has 5 nitrogen and oxygen atoms in total. The van der Waals surface area contributed by atoms with Crippen molar-refractivity contribution in [3.63, 3.8) is 0 Å². The summed E-state index contributed by atoms with van der Waals surface area (Å²) in [6, 6.07) is 8.33. The summed E-state index contributed by atoms with van der Waals surface area (Å²) in [4.78, 5) is 14.9. The summed E-state index contributed by atoms with van der Waals surface area (Å²) in [5.74, 6) is 0.959. The molecule has 0 radical (unpaired) electrons. The fourth-order valence-electron chi connectivity index (χ4n) is 3.89. The van der Waals surface area contributed by atoms with Crippen molar-refractivity contribution in [3.8, 4) is 5.75 Å². The number of nitrogens with one attached hydrogen (secondary N) is 1.